The van der Waals surface area contributed by atoms with Crippen LogP contribution in [0.4, 0.5) is 0 Å². The minimum absolute atomic E-state index is 0.0121. The van der Waals surface area contributed by atoms with Crippen molar-refractivity contribution in [2.24, 2.45) is 5.41 Å². The minimum atomic E-state index is 0.0121. The molecule has 1 amide bonds. The molecule has 0 aromatic heterocycles. The molecule has 0 saturated heterocycles. The third kappa shape index (κ3) is 2.23. The van der Waals surface area contributed by atoms with Crippen molar-refractivity contribution in [3.05, 3.63) is 34.3 Å². The summed E-state index contributed by atoms with van der Waals surface area (Å²) in [6.07, 6.45) is 1.07. The molecule has 1 aromatic carbocycles. The lowest BCUT2D eigenvalue weighted by Gasteiger charge is -2.07. The normalized spacial score (nSPS) is 22.2. The highest BCUT2D eigenvalue weighted by Crippen LogP contribution is 2.44. The van der Waals surface area contributed by atoms with E-state index in [1.807, 2.05) is 24.3 Å². The van der Waals surface area contributed by atoms with Crippen LogP contribution in [-0.4, -0.2) is 11.9 Å². The van der Waals surface area contributed by atoms with Gasteiger partial charge >= 0.3 is 0 Å². The second-order valence-corrected chi connectivity index (χ2v) is 5.55. The fraction of sp³-hybridized carbons (Fsp3) is 0.417. The number of benzene rings is 1. The second-order valence-electron chi connectivity index (χ2n) is 4.70. The predicted molar refractivity (Wildman–Crippen MR) is 63.8 cm³/mol. The van der Waals surface area contributed by atoms with Crippen molar-refractivity contribution in [2.45, 2.75) is 26.3 Å². The minimum Gasteiger partial charge on any atom is -0.349 e. The lowest BCUT2D eigenvalue weighted by molar-refractivity contribution is 0.0945. The number of nitrogens with one attached hydrogen (secondary N) is 1. The molecule has 1 aliphatic rings. The average molecular weight is 268 g/mol. The van der Waals surface area contributed by atoms with E-state index in [2.05, 4.69) is 35.1 Å². The fourth-order valence-corrected chi connectivity index (χ4v) is 2.06. The van der Waals surface area contributed by atoms with Crippen molar-refractivity contribution in [1.29, 1.82) is 0 Å². The molecule has 1 aliphatic carbocycles. The molecule has 80 valence electrons. The topological polar surface area (TPSA) is 29.1 Å². The van der Waals surface area contributed by atoms with Crippen LogP contribution in [0.1, 0.15) is 30.6 Å². The molecule has 1 unspecified atom stereocenters. The van der Waals surface area contributed by atoms with Gasteiger partial charge < -0.3 is 5.32 Å². The van der Waals surface area contributed by atoms with Gasteiger partial charge in [0, 0.05) is 10.5 Å². The molecular weight excluding hydrogens is 254 g/mol. The van der Waals surface area contributed by atoms with Crippen LogP contribution in [0.25, 0.3) is 0 Å². The first-order chi connectivity index (χ1) is 7.00. The molecule has 0 radical (unpaired) electrons. The standard InChI is InChI=1S/C12H14BrNO/c1-12(2)7-10(12)14-11(15)8-5-3-4-6-9(8)13/h3-6,10H,7H2,1-2H3,(H,14,15). The van der Waals surface area contributed by atoms with E-state index in [1.54, 1.807) is 0 Å². The molecule has 1 atom stereocenters. The molecule has 3 heteroatoms. The molecule has 2 nitrogen and oxygen atoms in total. The van der Waals surface area contributed by atoms with Gasteiger partial charge in [-0.1, -0.05) is 26.0 Å². The smallest absolute Gasteiger partial charge is 0.252 e. The van der Waals surface area contributed by atoms with Crippen LogP contribution in [0.15, 0.2) is 28.7 Å². The Balaban J connectivity index is 2.06. The Kier molecular flexibility index (Phi) is 2.59. The van der Waals surface area contributed by atoms with E-state index in [-0.39, 0.29) is 11.3 Å². The van der Waals surface area contributed by atoms with Gasteiger partial charge in [-0.25, -0.2) is 0 Å². The van der Waals surface area contributed by atoms with Gasteiger partial charge in [0.15, 0.2) is 0 Å². The summed E-state index contributed by atoms with van der Waals surface area (Å²) < 4.78 is 0.848. The highest BCUT2D eigenvalue weighted by atomic mass is 79.9. The maximum atomic E-state index is 11.9. The predicted octanol–water partition coefficient (Wildman–Crippen LogP) is 2.98. The van der Waals surface area contributed by atoms with E-state index in [4.69, 9.17) is 0 Å². The molecule has 1 aromatic rings. The van der Waals surface area contributed by atoms with Gasteiger partial charge in [-0.3, -0.25) is 4.79 Å². The summed E-state index contributed by atoms with van der Waals surface area (Å²) in [5, 5.41) is 3.03. The van der Waals surface area contributed by atoms with Gasteiger partial charge in [0.2, 0.25) is 0 Å². The maximum Gasteiger partial charge on any atom is 0.252 e. The first-order valence-electron chi connectivity index (χ1n) is 5.06. The van der Waals surface area contributed by atoms with E-state index in [1.165, 1.54) is 0 Å². The molecule has 1 fully saturated rings. The Morgan fingerprint density at radius 1 is 1.47 bits per heavy atom. The molecule has 0 bridgehead atoms. The lowest BCUT2D eigenvalue weighted by Crippen LogP contribution is -2.28. The van der Waals surface area contributed by atoms with E-state index < -0.39 is 0 Å². The van der Waals surface area contributed by atoms with Gasteiger partial charge in [-0.15, -0.1) is 0 Å². The van der Waals surface area contributed by atoms with Gasteiger partial charge in [0.05, 0.1) is 5.56 Å². The van der Waals surface area contributed by atoms with Gasteiger partial charge in [0.25, 0.3) is 5.91 Å². The zero-order valence-electron chi connectivity index (χ0n) is 8.88. The van der Waals surface area contributed by atoms with E-state index in [9.17, 15) is 4.79 Å². The Hall–Kier alpha value is -0.830. The number of amides is 1. The Morgan fingerprint density at radius 3 is 2.60 bits per heavy atom. The van der Waals surface area contributed by atoms with Crippen molar-refractivity contribution in [2.75, 3.05) is 0 Å². The van der Waals surface area contributed by atoms with Gasteiger partial charge in [-0.05, 0) is 39.9 Å². The number of carbonyl (C=O) groups excluding carboxylic acids is 1. The van der Waals surface area contributed by atoms with Crippen molar-refractivity contribution in [1.82, 2.24) is 5.32 Å². The first kappa shape index (κ1) is 10.7. The van der Waals surface area contributed by atoms with Gasteiger partial charge in [0.1, 0.15) is 0 Å². The summed E-state index contributed by atoms with van der Waals surface area (Å²) in [7, 11) is 0. The Labute approximate surface area is 98.2 Å². The molecule has 1 N–H and O–H groups in total. The highest BCUT2D eigenvalue weighted by Gasteiger charge is 2.46. The lowest BCUT2D eigenvalue weighted by atomic mass is 10.1. The fourth-order valence-electron chi connectivity index (χ4n) is 1.59. The SMILES string of the molecule is CC1(C)CC1NC(=O)c1ccccc1Br. The second kappa shape index (κ2) is 3.63. The summed E-state index contributed by atoms with van der Waals surface area (Å²) in [5.74, 6) is 0.0121. The largest absolute Gasteiger partial charge is 0.349 e. The van der Waals surface area contributed by atoms with Crippen LogP contribution in [0.2, 0.25) is 0 Å². The molecule has 0 spiro atoms. The Bertz CT molecular complexity index is 400. The van der Waals surface area contributed by atoms with Gasteiger partial charge in [-0.2, -0.15) is 0 Å². The molecule has 15 heavy (non-hydrogen) atoms. The molecule has 0 aliphatic heterocycles. The number of carbonyl (C=O) groups is 1. The Morgan fingerprint density at radius 2 is 2.07 bits per heavy atom. The highest BCUT2D eigenvalue weighted by molar-refractivity contribution is 9.10. The molecule has 0 heterocycles. The third-order valence-corrected chi connectivity index (χ3v) is 3.63. The van der Waals surface area contributed by atoms with Crippen LogP contribution in [0.5, 0.6) is 0 Å². The zero-order chi connectivity index (χ0) is 11.1. The van der Waals surface area contributed by atoms with Crippen LogP contribution in [0.3, 0.4) is 0 Å². The van der Waals surface area contributed by atoms with Crippen molar-refractivity contribution < 1.29 is 4.79 Å². The van der Waals surface area contributed by atoms with Crippen molar-refractivity contribution >= 4 is 21.8 Å². The molecule has 1 saturated carbocycles. The van der Waals surface area contributed by atoms with E-state index in [0.29, 0.717) is 11.6 Å². The summed E-state index contributed by atoms with van der Waals surface area (Å²) >= 11 is 3.37. The number of hydrogen-bond acceptors (Lipinski definition) is 1. The number of halogens is 1. The van der Waals surface area contributed by atoms with Crippen LogP contribution in [0, 0.1) is 5.41 Å². The van der Waals surface area contributed by atoms with Crippen LogP contribution >= 0.6 is 15.9 Å². The maximum absolute atomic E-state index is 11.9. The van der Waals surface area contributed by atoms with E-state index >= 15 is 0 Å². The third-order valence-electron chi connectivity index (χ3n) is 2.94. The molecule has 2 rings (SSSR count). The molecular formula is C12H14BrNO. The summed E-state index contributed by atoms with van der Waals surface area (Å²) in [4.78, 5) is 11.9. The van der Waals surface area contributed by atoms with Crippen molar-refractivity contribution in [3.63, 3.8) is 0 Å². The number of rotatable bonds is 2. The zero-order valence-corrected chi connectivity index (χ0v) is 10.5. The summed E-state index contributed by atoms with van der Waals surface area (Å²) in [6, 6.07) is 7.82. The van der Waals surface area contributed by atoms with Crippen LogP contribution < -0.4 is 5.32 Å². The first-order valence-corrected chi connectivity index (χ1v) is 5.85. The monoisotopic (exact) mass is 267 g/mol. The summed E-state index contributed by atoms with van der Waals surface area (Å²) in [6.45, 7) is 4.33. The van der Waals surface area contributed by atoms with E-state index in [0.717, 1.165) is 10.9 Å². The number of hydrogen-bond donors (Lipinski definition) is 1. The van der Waals surface area contributed by atoms with Crippen molar-refractivity contribution in [3.8, 4) is 0 Å². The average Bonchev–Trinajstić information content (AvgIpc) is 2.74. The quantitative estimate of drug-likeness (QED) is 0.877. The van der Waals surface area contributed by atoms with Crippen LogP contribution in [-0.2, 0) is 0 Å². The summed E-state index contributed by atoms with van der Waals surface area (Å²) in [5.41, 5.74) is 0.983.